The third-order valence-electron chi connectivity index (χ3n) is 3.28. The summed E-state index contributed by atoms with van der Waals surface area (Å²) in [6.07, 6.45) is 0. The lowest BCUT2D eigenvalue weighted by Crippen LogP contribution is -2.19. The van der Waals surface area contributed by atoms with Crippen molar-refractivity contribution in [1.29, 1.82) is 0 Å². The van der Waals surface area contributed by atoms with Crippen molar-refractivity contribution in [3.05, 3.63) is 59.7 Å². The molecule has 0 unspecified atom stereocenters. The first-order valence-electron chi connectivity index (χ1n) is 7.10. The van der Waals surface area contributed by atoms with E-state index in [9.17, 15) is 4.79 Å². The minimum Gasteiger partial charge on any atom is -0.308 e. The molecule has 3 heteroatoms. The number of hydrogen-bond acceptors (Lipinski definition) is 1. The molecule has 0 saturated carbocycles. The Kier molecular flexibility index (Phi) is 4.32. The van der Waals surface area contributed by atoms with E-state index in [0.717, 1.165) is 16.9 Å². The van der Waals surface area contributed by atoms with Crippen LogP contribution in [0.1, 0.15) is 31.9 Å². The molecule has 2 amide bonds. The van der Waals surface area contributed by atoms with Crippen LogP contribution >= 0.6 is 0 Å². The molecule has 0 aliphatic rings. The maximum Gasteiger partial charge on any atom is 0.323 e. The smallest absolute Gasteiger partial charge is 0.308 e. The predicted octanol–water partition coefficient (Wildman–Crippen LogP) is 4.94. The highest BCUT2D eigenvalue weighted by Crippen LogP contribution is 2.23. The Labute approximate surface area is 126 Å². The molecule has 110 valence electrons. The second-order valence-corrected chi connectivity index (χ2v) is 6.28. The lowest BCUT2D eigenvalue weighted by Gasteiger charge is -2.19. The van der Waals surface area contributed by atoms with E-state index in [1.54, 1.807) is 0 Å². The third kappa shape index (κ3) is 4.35. The molecule has 0 saturated heterocycles. The van der Waals surface area contributed by atoms with Gasteiger partial charge in [-0.25, -0.2) is 4.79 Å². The van der Waals surface area contributed by atoms with Crippen LogP contribution in [0.2, 0.25) is 0 Å². The summed E-state index contributed by atoms with van der Waals surface area (Å²) in [6.45, 7) is 8.49. The van der Waals surface area contributed by atoms with E-state index in [-0.39, 0.29) is 11.4 Å². The van der Waals surface area contributed by atoms with Crippen molar-refractivity contribution in [2.24, 2.45) is 0 Å². The van der Waals surface area contributed by atoms with Gasteiger partial charge in [0.05, 0.1) is 0 Å². The van der Waals surface area contributed by atoms with E-state index in [1.165, 1.54) is 5.56 Å². The molecule has 2 rings (SSSR count). The van der Waals surface area contributed by atoms with Gasteiger partial charge in [0.15, 0.2) is 0 Å². The SMILES string of the molecule is Cc1cccc(NC(=O)Nc2ccc(C(C)(C)C)cc2)c1. The van der Waals surface area contributed by atoms with Gasteiger partial charge in [0, 0.05) is 11.4 Å². The molecular weight excluding hydrogens is 260 g/mol. The van der Waals surface area contributed by atoms with Crippen LogP contribution in [0.25, 0.3) is 0 Å². The number of carbonyl (C=O) groups excluding carboxylic acids is 1. The third-order valence-corrected chi connectivity index (χ3v) is 3.28. The van der Waals surface area contributed by atoms with Gasteiger partial charge in [0.25, 0.3) is 0 Å². The van der Waals surface area contributed by atoms with Crippen molar-refractivity contribution in [1.82, 2.24) is 0 Å². The summed E-state index contributed by atoms with van der Waals surface area (Å²) in [7, 11) is 0. The number of benzene rings is 2. The van der Waals surface area contributed by atoms with Gasteiger partial charge in [-0.05, 0) is 47.7 Å². The van der Waals surface area contributed by atoms with Crippen LogP contribution < -0.4 is 10.6 Å². The standard InChI is InChI=1S/C18H22N2O/c1-13-6-5-7-16(12-13)20-17(21)19-15-10-8-14(9-11-15)18(2,3)4/h5-12H,1-4H3,(H2,19,20,21). The highest BCUT2D eigenvalue weighted by molar-refractivity contribution is 5.99. The van der Waals surface area contributed by atoms with E-state index in [4.69, 9.17) is 0 Å². The van der Waals surface area contributed by atoms with Crippen molar-refractivity contribution in [2.75, 3.05) is 10.6 Å². The van der Waals surface area contributed by atoms with Crippen LogP contribution in [-0.2, 0) is 5.41 Å². The first kappa shape index (κ1) is 15.1. The second-order valence-electron chi connectivity index (χ2n) is 6.28. The largest absolute Gasteiger partial charge is 0.323 e. The van der Waals surface area contributed by atoms with Crippen LogP contribution in [0.4, 0.5) is 16.2 Å². The number of hydrogen-bond donors (Lipinski definition) is 2. The summed E-state index contributed by atoms with van der Waals surface area (Å²) in [5.41, 5.74) is 4.05. The molecule has 3 nitrogen and oxygen atoms in total. The van der Waals surface area contributed by atoms with Crippen LogP contribution in [-0.4, -0.2) is 6.03 Å². The van der Waals surface area contributed by atoms with E-state index in [0.29, 0.717) is 0 Å². The molecular formula is C18H22N2O. The molecule has 0 atom stereocenters. The van der Waals surface area contributed by atoms with Gasteiger partial charge in [0.2, 0.25) is 0 Å². The van der Waals surface area contributed by atoms with Crippen LogP contribution in [0.15, 0.2) is 48.5 Å². The number of urea groups is 1. The highest BCUT2D eigenvalue weighted by atomic mass is 16.2. The maximum absolute atomic E-state index is 12.0. The van der Waals surface area contributed by atoms with Crippen molar-refractivity contribution in [3.8, 4) is 0 Å². The molecule has 2 aromatic carbocycles. The Bertz CT molecular complexity index is 624. The minimum absolute atomic E-state index is 0.113. The Hall–Kier alpha value is -2.29. The Morgan fingerprint density at radius 3 is 2.10 bits per heavy atom. The zero-order valence-corrected chi connectivity index (χ0v) is 13.0. The van der Waals surface area contributed by atoms with Gasteiger partial charge in [-0.1, -0.05) is 45.0 Å². The fourth-order valence-electron chi connectivity index (χ4n) is 2.07. The fourth-order valence-corrected chi connectivity index (χ4v) is 2.07. The van der Waals surface area contributed by atoms with Crippen LogP contribution in [0.5, 0.6) is 0 Å². The topological polar surface area (TPSA) is 41.1 Å². The molecule has 0 aromatic heterocycles. The minimum atomic E-state index is -0.232. The number of nitrogens with one attached hydrogen (secondary N) is 2. The van der Waals surface area contributed by atoms with E-state index >= 15 is 0 Å². The fraction of sp³-hybridized carbons (Fsp3) is 0.278. The molecule has 0 radical (unpaired) electrons. The lowest BCUT2D eigenvalue weighted by atomic mass is 9.87. The summed E-state index contributed by atoms with van der Waals surface area (Å²) in [6, 6.07) is 15.4. The van der Waals surface area contributed by atoms with Crippen LogP contribution in [0, 0.1) is 6.92 Å². The first-order valence-corrected chi connectivity index (χ1v) is 7.10. The zero-order valence-electron chi connectivity index (χ0n) is 13.0. The van der Waals surface area contributed by atoms with Crippen molar-refractivity contribution >= 4 is 17.4 Å². The van der Waals surface area contributed by atoms with Gasteiger partial charge in [-0.3, -0.25) is 0 Å². The van der Waals surface area contributed by atoms with Gasteiger partial charge < -0.3 is 10.6 Å². The lowest BCUT2D eigenvalue weighted by molar-refractivity contribution is 0.262. The molecule has 0 bridgehead atoms. The molecule has 0 heterocycles. The molecule has 2 N–H and O–H groups in total. The van der Waals surface area contributed by atoms with Crippen molar-refractivity contribution in [3.63, 3.8) is 0 Å². The average Bonchev–Trinajstić information content (AvgIpc) is 2.38. The van der Waals surface area contributed by atoms with Crippen molar-refractivity contribution < 1.29 is 4.79 Å². The Morgan fingerprint density at radius 1 is 0.905 bits per heavy atom. The second kappa shape index (κ2) is 6.00. The van der Waals surface area contributed by atoms with Gasteiger partial charge >= 0.3 is 6.03 Å². The monoisotopic (exact) mass is 282 g/mol. The Morgan fingerprint density at radius 2 is 1.52 bits per heavy atom. The summed E-state index contributed by atoms with van der Waals surface area (Å²) < 4.78 is 0. The van der Waals surface area contributed by atoms with Crippen LogP contribution in [0.3, 0.4) is 0 Å². The summed E-state index contributed by atoms with van der Waals surface area (Å²) in [4.78, 5) is 12.0. The summed E-state index contributed by atoms with van der Waals surface area (Å²) >= 11 is 0. The number of anilines is 2. The van der Waals surface area contributed by atoms with E-state index < -0.39 is 0 Å². The number of rotatable bonds is 2. The molecule has 0 aliphatic heterocycles. The molecule has 0 aliphatic carbocycles. The molecule has 0 spiro atoms. The normalized spacial score (nSPS) is 11.0. The number of amides is 2. The van der Waals surface area contributed by atoms with Gasteiger partial charge in [-0.15, -0.1) is 0 Å². The molecule has 0 fully saturated rings. The van der Waals surface area contributed by atoms with E-state index in [2.05, 4.69) is 31.4 Å². The Balaban J connectivity index is 2.00. The average molecular weight is 282 g/mol. The molecule has 2 aromatic rings. The van der Waals surface area contributed by atoms with Crippen molar-refractivity contribution in [2.45, 2.75) is 33.1 Å². The maximum atomic E-state index is 12.0. The summed E-state index contributed by atoms with van der Waals surface area (Å²) in [5, 5.41) is 5.66. The quantitative estimate of drug-likeness (QED) is 0.805. The first-order chi connectivity index (χ1) is 9.84. The predicted molar refractivity (Wildman–Crippen MR) is 89.0 cm³/mol. The van der Waals surface area contributed by atoms with Gasteiger partial charge in [-0.2, -0.15) is 0 Å². The highest BCUT2D eigenvalue weighted by Gasteiger charge is 2.13. The van der Waals surface area contributed by atoms with E-state index in [1.807, 2.05) is 55.5 Å². The zero-order chi connectivity index (χ0) is 15.5. The molecule has 21 heavy (non-hydrogen) atoms. The number of carbonyl (C=O) groups is 1. The summed E-state index contributed by atoms with van der Waals surface area (Å²) in [5.74, 6) is 0. The van der Waals surface area contributed by atoms with Gasteiger partial charge in [0.1, 0.15) is 0 Å². The number of aryl methyl sites for hydroxylation is 1.